The molecule has 0 saturated carbocycles. The second kappa shape index (κ2) is 10.8. The summed E-state index contributed by atoms with van der Waals surface area (Å²) >= 11 is 0. The Hall–Kier alpha value is -6.32. The molecule has 0 unspecified atom stereocenters. The van der Waals surface area contributed by atoms with E-state index in [-0.39, 0.29) is 5.41 Å². The van der Waals surface area contributed by atoms with Crippen LogP contribution in [0.2, 0.25) is 0 Å². The van der Waals surface area contributed by atoms with Crippen LogP contribution in [-0.4, -0.2) is 14.5 Å². The van der Waals surface area contributed by atoms with Crippen LogP contribution in [0.15, 0.2) is 164 Å². The summed E-state index contributed by atoms with van der Waals surface area (Å²) in [5, 5.41) is 5.17. The zero-order valence-electron chi connectivity index (χ0n) is 27.9. The van der Waals surface area contributed by atoms with Gasteiger partial charge in [0.15, 0.2) is 5.82 Å². The maximum atomic E-state index is 5.15. The number of hydrogen-bond donors (Lipinski definition) is 0. The molecular weight excluding hydrogens is 607 g/mol. The molecule has 3 nitrogen and oxygen atoms in total. The molecule has 0 amide bonds. The standard InChI is InChI=1S/C47H33N3/c1-47(2)37-24-11-9-22-35(37)45-43-32(19-14-25-38(43)47)28-42-44(45)36-23-10-12-26-41(36)50(42)34-21-13-20-33(27-34)46-48-39(30-15-5-3-6-16-30)29-40(49-46)31-17-7-4-8-18-31/h3-29H,1-2H3. The molecule has 0 radical (unpaired) electrons. The summed E-state index contributed by atoms with van der Waals surface area (Å²) in [4.78, 5) is 10.3. The third-order valence-electron chi connectivity index (χ3n) is 10.6. The van der Waals surface area contributed by atoms with Crippen molar-refractivity contribution in [3.63, 3.8) is 0 Å². The van der Waals surface area contributed by atoms with E-state index in [1.807, 2.05) is 12.1 Å². The van der Waals surface area contributed by atoms with Gasteiger partial charge in [0.05, 0.1) is 22.4 Å². The Morgan fingerprint density at radius 1 is 0.480 bits per heavy atom. The smallest absolute Gasteiger partial charge is 0.160 e. The summed E-state index contributed by atoms with van der Waals surface area (Å²) in [6.07, 6.45) is 0. The van der Waals surface area contributed by atoms with Crippen molar-refractivity contribution in [3.05, 3.63) is 175 Å². The monoisotopic (exact) mass is 639 g/mol. The number of hydrogen-bond acceptors (Lipinski definition) is 2. The van der Waals surface area contributed by atoms with E-state index in [9.17, 15) is 0 Å². The zero-order chi connectivity index (χ0) is 33.4. The molecule has 0 N–H and O–H groups in total. The fourth-order valence-electron chi connectivity index (χ4n) is 8.23. The van der Waals surface area contributed by atoms with Crippen LogP contribution in [0.1, 0.15) is 25.0 Å². The van der Waals surface area contributed by atoms with E-state index in [0.29, 0.717) is 5.82 Å². The molecule has 1 aliphatic carbocycles. The average Bonchev–Trinajstić information content (AvgIpc) is 3.51. The topological polar surface area (TPSA) is 30.7 Å². The quantitative estimate of drug-likeness (QED) is 0.192. The fraction of sp³-hybridized carbons (Fsp3) is 0.0638. The van der Waals surface area contributed by atoms with Gasteiger partial charge < -0.3 is 4.57 Å². The first kappa shape index (κ1) is 28.7. The normalized spacial score (nSPS) is 13.2. The number of nitrogens with zero attached hydrogens (tertiary/aromatic N) is 3. The summed E-state index contributed by atoms with van der Waals surface area (Å²) in [6, 6.07) is 58.6. The van der Waals surface area contributed by atoms with Crippen LogP contribution in [0.4, 0.5) is 0 Å². The van der Waals surface area contributed by atoms with E-state index in [2.05, 4.69) is 170 Å². The molecule has 2 aromatic heterocycles. The lowest BCUT2D eigenvalue weighted by Crippen LogP contribution is -2.23. The predicted molar refractivity (Wildman–Crippen MR) is 208 cm³/mol. The highest BCUT2D eigenvalue weighted by molar-refractivity contribution is 6.24. The first-order chi connectivity index (χ1) is 24.6. The van der Waals surface area contributed by atoms with Gasteiger partial charge in [0.1, 0.15) is 0 Å². The molecule has 0 fully saturated rings. The largest absolute Gasteiger partial charge is 0.309 e. The molecule has 0 atom stereocenters. The molecular formula is C47H33N3. The van der Waals surface area contributed by atoms with Crippen molar-refractivity contribution in [1.82, 2.24) is 14.5 Å². The van der Waals surface area contributed by atoms with Gasteiger partial charge in [-0.25, -0.2) is 9.97 Å². The van der Waals surface area contributed by atoms with Crippen molar-refractivity contribution < 1.29 is 0 Å². The summed E-state index contributed by atoms with van der Waals surface area (Å²) < 4.78 is 2.43. The SMILES string of the molecule is CC1(C)c2ccccc2-c2c3c1cccc3cc1c2c2ccccc2n1-c1cccc(-c2nc(-c3ccccc3)cc(-c3ccccc3)n2)c1. The van der Waals surface area contributed by atoms with Crippen LogP contribution in [0.5, 0.6) is 0 Å². The molecule has 3 heteroatoms. The van der Waals surface area contributed by atoms with Gasteiger partial charge in [-0.3, -0.25) is 0 Å². The highest BCUT2D eigenvalue weighted by Gasteiger charge is 2.35. The minimum absolute atomic E-state index is 0.101. The molecule has 1 aliphatic rings. The Morgan fingerprint density at radius 3 is 1.86 bits per heavy atom. The number of para-hydroxylation sites is 1. The van der Waals surface area contributed by atoms with Gasteiger partial charge in [0.25, 0.3) is 0 Å². The van der Waals surface area contributed by atoms with E-state index >= 15 is 0 Å². The lowest BCUT2D eigenvalue weighted by atomic mass is 9.68. The molecule has 236 valence electrons. The molecule has 0 spiro atoms. The zero-order valence-corrected chi connectivity index (χ0v) is 27.9. The first-order valence-electron chi connectivity index (χ1n) is 17.3. The van der Waals surface area contributed by atoms with Crippen molar-refractivity contribution >= 4 is 32.6 Å². The molecule has 2 heterocycles. The van der Waals surface area contributed by atoms with E-state index in [4.69, 9.17) is 9.97 Å². The lowest BCUT2D eigenvalue weighted by molar-refractivity contribution is 0.645. The third kappa shape index (κ3) is 4.23. The average molecular weight is 640 g/mol. The number of fused-ring (bicyclic) bond motifs is 6. The first-order valence-corrected chi connectivity index (χ1v) is 17.3. The lowest BCUT2D eigenvalue weighted by Gasteiger charge is -2.35. The van der Waals surface area contributed by atoms with Crippen LogP contribution in [-0.2, 0) is 5.41 Å². The van der Waals surface area contributed by atoms with Crippen molar-refractivity contribution in [3.8, 4) is 50.7 Å². The summed E-state index contributed by atoms with van der Waals surface area (Å²) in [7, 11) is 0. The van der Waals surface area contributed by atoms with Crippen LogP contribution < -0.4 is 0 Å². The van der Waals surface area contributed by atoms with Gasteiger partial charge in [-0.1, -0.05) is 147 Å². The number of aromatic nitrogens is 3. The Morgan fingerprint density at radius 2 is 1.10 bits per heavy atom. The highest BCUT2D eigenvalue weighted by Crippen LogP contribution is 2.52. The molecule has 10 rings (SSSR count). The second-order valence-corrected chi connectivity index (χ2v) is 13.8. The van der Waals surface area contributed by atoms with Gasteiger partial charge in [0, 0.05) is 44.1 Å². The molecule has 9 aromatic rings. The predicted octanol–water partition coefficient (Wildman–Crippen LogP) is 12.0. The minimum atomic E-state index is -0.101. The highest BCUT2D eigenvalue weighted by atomic mass is 15.0. The van der Waals surface area contributed by atoms with E-state index in [1.54, 1.807) is 0 Å². The summed E-state index contributed by atoms with van der Waals surface area (Å²) in [5.74, 6) is 0.703. The van der Waals surface area contributed by atoms with E-state index < -0.39 is 0 Å². The van der Waals surface area contributed by atoms with Crippen LogP contribution in [0, 0.1) is 0 Å². The third-order valence-corrected chi connectivity index (χ3v) is 10.6. The van der Waals surface area contributed by atoms with Crippen LogP contribution in [0.3, 0.4) is 0 Å². The van der Waals surface area contributed by atoms with Gasteiger partial charge >= 0.3 is 0 Å². The Bertz CT molecular complexity index is 2720. The number of rotatable bonds is 4. The van der Waals surface area contributed by atoms with E-state index in [0.717, 1.165) is 33.8 Å². The maximum absolute atomic E-state index is 5.15. The van der Waals surface area contributed by atoms with Gasteiger partial charge in [-0.05, 0) is 57.8 Å². The maximum Gasteiger partial charge on any atom is 0.160 e. The van der Waals surface area contributed by atoms with Crippen LogP contribution in [0.25, 0.3) is 83.3 Å². The summed E-state index contributed by atoms with van der Waals surface area (Å²) in [5.41, 5.74) is 13.7. The Kier molecular flexibility index (Phi) is 6.22. The van der Waals surface area contributed by atoms with Crippen molar-refractivity contribution in [1.29, 1.82) is 0 Å². The van der Waals surface area contributed by atoms with Gasteiger partial charge in [-0.2, -0.15) is 0 Å². The van der Waals surface area contributed by atoms with Crippen molar-refractivity contribution in [2.24, 2.45) is 0 Å². The Labute approximate surface area is 291 Å². The molecule has 7 aromatic carbocycles. The Balaban J connectivity index is 1.25. The number of benzene rings is 7. The van der Waals surface area contributed by atoms with Crippen molar-refractivity contribution in [2.45, 2.75) is 19.3 Å². The molecule has 0 bridgehead atoms. The molecule has 0 saturated heterocycles. The summed E-state index contributed by atoms with van der Waals surface area (Å²) in [6.45, 7) is 4.72. The van der Waals surface area contributed by atoms with Gasteiger partial charge in [-0.15, -0.1) is 0 Å². The minimum Gasteiger partial charge on any atom is -0.309 e. The second-order valence-electron chi connectivity index (χ2n) is 13.8. The van der Waals surface area contributed by atoms with E-state index in [1.165, 1.54) is 54.8 Å². The van der Waals surface area contributed by atoms with Crippen molar-refractivity contribution in [2.75, 3.05) is 0 Å². The van der Waals surface area contributed by atoms with Crippen LogP contribution >= 0.6 is 0 Å². The fourth-order valence-corrected chi connectivity index (χ4v) is 8.23. The molecule has 0 aliphatic heterocycles. The molecule has 50 heavy (non-hydrogen) atoms. The van der Waals surface area contributed by atoms with Gasteiger partial charge in [0.2, 0.25) is 0 Å².